The molecule has 2 aliphatic rings. The van der Waals surface area contributed by atoms with Crippen LogP contribution in [-0.4, -0.2) is 32.0 Å². The maximum absolute atomic E-state index is 12.2. The summed E-state index contributed by atoms with van der Waals surface area (Å²) in [5.41, 5.74) is 3.12. The smallest absolute Gasteiger partial charge is 0.247 e. The molecule has 2 aliphatic heterocycles. The quantitative estimate of drug-likeness (QED) is 0.427. The first-order valence-electron chi connectivity index (χ1n) is 7.41. The predicted octanol–water partition coefficient (Wildman–Crippen LogP) is 2.58. The van der Waals surface area contributed by atoms with Gasteiger partial charge >= 0.3 is 0 Å². The Hall–Kier alpha value is -1.12. The second kappa shape index (κ2) is 6.97. The molecule has 1 aromatic rings. The molecule has 0 radical (unpaired) electrons. The Labute approximate surface area is 143 Å². The van der Waals surface area contributed by atoms with E-state index in [1.54, 1.807) is 0 Å². The number of fused-ring (bicyclic) bond motifs is 3. The van der Waals surface area contributed by atoms with E-state index in [1.165, 1.54) is 0 Å². The third kappa shape index (κ3) is 3.13. The molecule has 0 saturated carbocycles. The van der Waals surface area contributed by atoms with E-state index in [4.69, 9.17) is 9.47 Å². The minimum atomic E-state index is -0.249. The first-order valence-corrected chi connectivity index (χ1v) is 8.49. The molecule has 0 saturated heterocycles. The summed E-state index contributed by atoms with van der Waals surface area (Å²) in [6.07, 6.45) is 2.88. The zero-order valence-corrected chi connectivity index (χ0v) is 14.6. The maximum Gasteiger partial charge on any atom is 0.247 e. The zero-order valence-electron chi connectivity index (χ0n) is 12.4. The van der Waals surface area contributed by atoms with Crippen molar-refractivity contribution in [3.63, 3.8) is 0 Å². The number of nitrogens with one attached hydrogen (secondary N) is 2. The van der Waals surface area contributed by atoms with Crippen molar-refractivity contribution in [2.45, 2.75) is 25.3 Å². The van der Waals surface area contributed by atoms with Gasteiger partial charge in [0.2, 0.25) is 5.91 Å². The van der Waals surface area contributed by atoms with Crippen LogP contribution in [0.5, 0.6) is 0 Å². The van der Waals surface area contributed by atoms with Crippen LogP contribution in [0.25, 0.3) is 0 Å². The number of hydrogen-bond donors (Lipinski definition) is 2. The molecular formula is C16H19IN2O3. The summed E-state index contributed by atoms with van der Waals surface area (Å²) < 4.78 is 12.1. The summed E-state index contributed by atoms with van der Waals surface area (Å²) in [5, 5.41) is 6.13. The van der Waals surface area contributed by atoms with Gasteiger partial charge in [-0.25, -0.2) is 0 Å². The standard InChI is InChI=1S/C16H19IN2O3/c1-2-5-21-9-22-8-10-7-18-15-14(10)12-6-11(17)3-4-13(12)19-16(15)20/h3-4,6-7,14-15,18H,2,5,8-9H2,1H3,(H,19,20). The van der Waals surface area contributed by atoms with Gasteiger partial charge < -0.3 is 20.1 Å². The van der Waals surface area contributed by atoms with Gasteiger partial charge in [-0.15, -0.1) is 0 Å². The van der Waals surface area contributed by atoms with E-state index in [0.29, 0.717) is 13.2 Å². The molecule has 5 nitrogen and oxygen atoms in total. The number of amides is 1. The lowest BCUT2D eigenvalue weighted by atomic mass is 9.84. The van der Waals surface area contributed by atoms with Crippen LogP contribution in [0.3, 0.4) is 0 Å². The van der Waals surface area contributed by atoms with Gasteiger partial charge in [-0.3, -0.25) is 4.79 Å². The van der Waals surface area contributed by atoms with Crippen LogP contribution in [0.4, 0.5) is 5.69 Å². The number of rotatable bonds is 6. The Morgan fingerprint density at radius 2 is 2.18 bits per heavy atom. The van der Waals surface area contributed by atoms with Crippen molar-refractivity contribution in [3.8, 4) is 0 Å². The minimum Gasteiger partial charge on any atom is -0.379 e. The van der Waals surface area contributed by atoms with Crippen molar-refractivity contribution in [1.82, 2.24) is 5.32 Å². The average Bonchev–Trinajstić information content (AvgIpc) is 2.93. The molecule has 22 heavy (non-hydrogen) atoms. The number of carbonyl (C=O) groups excluding carboxylic acids is 1. The number of anilines is 1. The summed E-state index contributed by atoms with van der Waals surface area (Å²) in [5.74, 6) is 0.0387. The molecule has 2 N–H and O–H groups in total. The topological polar surface area (TPSA) is 59.6 Å². The molecule has 6 heteroatoms. The summed E-state index contributed by atoms with van der Waals surface area (Å²) in [6.45, 7) is 3.52. The fourth-order valence-electron chi connectivity index (χ4n) is 2.87. The van der Waals surface area contributed by atoms with Crippen molar-refractivity contribution < 1.29 is 14.3 Å². The highest BCUT2D eigenvalue weighted by Gasteiger charge is 2.40. The fourth-order valence-corrected chi connectivity index (χ4v) is 3.39. The van der Waals surface area contributed by atoms with Gasteiger partial charge in [0.25, 0.3) is 0 Å². The summed E-state index contributed by atoms with van der Waals surface area (Å²) in [4.78, 5) is 12.2. The van der Waals surface area contributed by atoms with Gasteiger partial charge in [-0.1, -0.05) is 6.92 Å². The molecular weight excluding hydrogens is 395 g/mol. The van der Waals surface area contributed by atoms with Crippen LogP contribution in [0.1, 0.15) is 24.8 Å². The molecule has 118 valence electrons. The van der Waals surface area contributed by atoms with Gasteiger partial charge in [0.15, 0.2) is 0 Å². The van der Waals surface area contributed by atoms with Gasteiger partial charge in [0.05, 0.1) is 6.61 Å². The van der Waals surface area contributed by atoms with E-state index < -0.39 is 0 Å². The van der Waals surface area contributed by atoms with Gasteiger partial charge in [-0.2, -0.15) is 0 Å². The van der Waals surface area contributed by atoms with E-state index >= 15 is 0 Å². The van der Waals surface area contributed by atoms with Crippen molar-refractivity contribution in [2.24, 2.45) is 0 Å². The number of carbonyl (C=O) groups is 1. The average molecular weight is 414 g/mol. The Balaban J connectivity index is 1.74. The number of halogens is 1. The molecule has 3 rings (SSSR count). The van der Waals surface area contributed by atoms with Crippen LogP contribution >= 0.6 is 22.6 Å². The second-order valence-electron chi connectivity index (χ2n) is 5.44. The minimum absolute atomic E-state index is 0.00666. The third-order valence-electron chi connectivity index (χ3n) is 3.85. The van der Waals surface area contributed by atoms with Crippen LogP contribution in [0.2, 0.25) is 0 Å². The molecule has 1 amide bonds. The SMILES string of the molecule is CCCOCOCC1=CNC2C(=O)Nc3ccc(I)cc3C12. The lowest BCUT2D eigenvalue weighted by molar-refractivity contribution is -0.118. The Morgan fingerprint density at radius 1 is 1.32 bits per heavy atom. The summed E-state index contributed by atoms with van der Waals surface area (Å²) >= 11 is 2.29. The predicted molar refractivity (Wildman–Crippen MR) is 92.6 cm³/mol. The van der Waals surface area contributed by atoms with E-state index in [-0.39, 0.29) is 24.7 Å². The van der Waals surface area contributed by atoms with E-state index in [9.17, 15) is 4.79 Å². The van der Waals surface area contributed by atoms with E-state index in [2.05, 4.69) is 46.2 Å². The van der Waals surface area contributed by atoms with Crippen LogP contribution in [0.15, 0.2) is 30.0 Å². The van der Waals surface area contributed by atoms with Crippen molar-refractivity contribution in [3.05, 3.63) is 39.1 Å². The van der Waals surface area contributed by atoms with E-state index in [1.807, 2.05) is 18.3 Å². The van der Waals surface area contributed by atoms with Crippen LogP contribution in [-0.2, 0) is 14.3 Å². The number of benzene rings is 1. The van der Waals surface area contributed by atoms with Crippen molar-refractivity contribution >= 4 is 34.2 Å². The Bertz CT molecular complexity index is 603. The highest BCUT2D eigenvalue weighted by molar-refractivity contribution is 14.1. The Kier molecular flexibility index (Phi) is 5.00. The maximum atomic E-state index is 12.2. The first-order chi connectivity index (χ1) is 10.7. The molecule has 2 heterocycles. The molecule has 2 atom stereocenters. The first kappa shape index (κ1) is 15.8. The molecule has 0 fully saturated rings. The van der Waals surface area contributed by atoms with Crippen molar-refractivity contribution in [2.75, 3.05) is 25.3 Å². The molecule has 2 unspecified atom stereocenters. The van der Waals surface area contributed by atoms with Crippen molar-refractivity contribution in [1.29, 1.82) is 0 Å². The van der Waals surface area contributed by atoms with Gasteiger partial charge in [0, 0.05) is 21.8 Å². The summed E-state index contributed by atoms with van der Waals surface area (Å²) in [7, 11) is 0. The normalized spacial score (nSPS) is 22.5. The van der Waals surface area contributed by atoms with Crippen LogP contribution in [0, 0.1) is 3.57 Å². The lowest BCUT2D eigenvalue weighted by Crippen LogP contribution is -2.43. The Morgan fingerprint density at radius 3 is 3.00 bits per heavy atom. The van der Waals surface area contributed by atoms with E-state index in [0.717, 1.165) is 26.8 Å². The molecule has 1 aromatic carbocycles. The van der Waals surface area contributed by atoms with Gasteiger partial charge in [0.1, 0.15) is 12.8 Å². The zero-order chi connectivity index (χ0) is 15.5. The molecule has 0 aliphatic carbocycles. The molecule has 0 aromatic heterocycles. The second-order valence-corrected chi connectivity index (χ2v) is 6.68. The molecule has 0 spiro atoms. The lowest BCUT2D eigenvalue weighted by Gasteiger charge is -2.30. The fraction of sp³-hybridized carbons (Fsp3) is 0.438. The van der Waals surface area contributed by atoms with Crippen LogP contribution < -0.4 is 10.6 Å². The van der Waals surface area contributed by atoms with Gasteiger partial charge in [-0.05, 0) is 64.5 Å². The number of ether oxygens (including phenoxy) is 2. The summed E-state index contributed by atoms with van der Waals surface area (Å²) in [6, 6.07) is 5.84. The molecule has 0 bridgehead atoms. The largest absolute Gasteiger partial charge is 0.379 e. The highest BCUT2D eigenvalue weighted by atomic mass is 127. The monoisotopic (exact) mass is 414 g/mol. The highest BCUT2D eigenvalue weighted by Crippen LogP contribution is 2.40. The number of hydrogen-bond acceptors (Lipinski definition) is 4. The third-order valence-corrected chi connectivity index (χ3v) is 4.52.